The largest absolute Gasteiger partial charge is 0.405 e. The van der Waals surface area contributed by atoms with E-state index in [1.807, 2.05) is 23.0 Å². The molecule has 8 nitrogen and oxygen atoms in total. The maximum atomic E-state index is 12.3. The van der Waals surface area contributed by atoms with Gasteiger partial charge in [-0.05, 0) is 12.5 Å². The van der Waals surface area contributed by atoms with Crippen molar-refractivity contribution < 1.29 is 18.0 Å². The van der Waals surface area contributed by atoms with Crippen molar-refractivity contribution in [1.82, 2.24) is 29.8 Å². The van der Waals surface area contributed by atoms with Gasteiger partial charge in [0.25, 0.3) is 5.91 Å². The van der Waals surface area contributed by atoms with Gasteiger partial charge in [0, 0.05) is 38.4 Å². The molecule has 1 aliphatic rings. The maximum Gasteiger partial charge on any atom is 0.405 e. The maximum absolute atomic E-state index is 12.3. The lowest BCUT2D eigenvalue weighted by Crippen LogP contribution is -2.38. The van der Waals surface area contributed by atoms with E-state index in [1.54, 1.807) is 6.20 Å². The SMILES string of the molecule is CN(c1ncnc2[nH]ccc12)C1CCn2cc(C(=O)NCC(F)(F)F)nc2C1. The predicted octanol–water partition coefficient (Wildman–Crippen LogP) is 1.90. The van der Waals surface area contributed by atoms with E-state index in [0.29, 0.717) is 18.8 Å². The molecule has 0 saturated heterocycles. The van der Waals surface area contributed by atoms with E-state index in [-0.39, 0.29) is 11.7 Å². The molecule has 2 N–H and O–H groups in total. The number of carbonyl (C=O) groups is 1. The first-order valence-electron chi connectivity index (χ1n) is 8.74. The Balaban J connectivity index is 1.50. The molecule has 0 bridgehead atoms. The molecule has 0 fully saturated rings. The molecular weight excluding hydrogens is 375 g/mol. The van der Waals surface area contributed by atoms with Crippen LogP contribution in [0.5, 0.6) is 0 Å². The molecule has 0 saturated carbocycles. The summed E-state index contributed by atoms with van der Waals surface area (Å²) in [5.41, 5.74) is 0.746. The second kappa shape index (κ2) is 6.80. The normalized spacial score (nSPS) is 16.8. The Labute approximate surface area is 157 Å². The van der Waals surface area contributed by atoms with E-state index in [1.165, 1.54) is 12.5 Å². The van der Waals surface area contributed by atoms with Gasteiger partial charge in [-0.2, -0.15) is 13.2 Å². The minimum Gasteiger partial charge on any atom is -0.356 e. The second-order valence-corrected chi connectivity index (χ2v) is 6.73. The zero-order chi connectivity index (χ0) is 19.9. The van der Waals surface area contributed by atoms with Crippen LogP contribution in [0.25, 0.3) is 11.0 Å². The van der Waals surface area contributed by atoms with Crippen molar-refractivity contribution in [2.75, 3.05) is 18.5 Å². The molecule has 11 heteroatoms. The van der Waals surface area contributed by atoms with Crippen LogP contribution in [0.2, 0.25) is 0 Å². The van der Waals surface area contributed by atoms with Gasteiger partial charge >= 0.3 is 6.18 Å². The lowest BCUT2D eigenvalue weighted by molar-refractivity contribution is -0.123. The van der Waals surface area contributed by atoms with Crippen LogP contribution in [0.3, 0.4) is 0 Å². The molecule has 3 aromatic heterocycles. The van der Waals surface area contributed by atoms with E-state index in [2.05, 4.69) is 24.8 Å². The molecule has 0 radical (unpaired) electrons. The summed E-state index contributed by atoms with van der Waals surface area (Å²) in [5, 5.41) is 2.76. The number of hydrogen-bond acceptors (Lipinski definition) is 5. The minimum atomic E-state index is -4.45. The average molecular weight is 393 g/mol. The number of nitrogens with zero attached hydrogens (tertiary/aromatic N) is 5. The molecule has 3 aromatic rings. The van der Waals surface area contributed by atoms with Crippen molar-refractivity contribution in [3.63, 3.8) is 0 Å². The highest BCUT2D eigenvalue weighted by molar-refractivity contribution is 5.92. The van der Waals surface area contributed by atoms with Gasteiger partial charge in [0.15, 0.2) is 0 Å². The molecule has 0 aliphatic carbocycles. The summed E-state index contributed by atoms with van der Waals surface area (Å²) in [4.78, 5) is 29.9. The fourth-order valence-electron chi connectivity index (χ4n) is 3.44. The summed E-state index contributed by atoms with van der Waals surface area (Å²) in [6, 6.07) is 2.00. The first-order chi connectivity index (χ1) is 13.3. The van der Waals surface area contributed by atoms with Gasteiger partial charge in [0.05, 0.1) is 5.39 Å². The van der Waals surface area contributed by atoms with Crippen LogP contribution >= 0.6 is 0 Å². The number of rotatable bonds is 4. The number of halogens is 3. The molecule has 28 heavy (non-hydrogen) atoms. The average Bonchev–Trinajstić information content (AvgIpc) is 3.30. The highest BCUT2D eigenvalue weighted by Crippen LogP contribution is 2.27. The first-order valence-corrected chi connectivity index (χ1v) is 8.74. The lowest BCUT2D eigenvalue weighted by atomic mass is 10.0. The number of aryl methyl sites for hydroxylation is 1. The standard InChI is InChI=1S/C17H18F3N7O/c1-26(15-11-2-4-21-14(11)23-9-24-15)10-3-5-27-7-12(25-13(27)6-10)16(28)22-8-17(18,19)20/h2,4,7,9-10H,3,5-6,8H2,1H3,(H,22,28)(H,21,23,24). The predicted molar refractivity (Wildman–Crippen MR) is 95.0 cm³/mol. The molecule has 1 amide bonds. The Morgan fingerprint density at radius 3 is 3.04 bits per heavy atom. The van der Waals surface area contributed by atoms with Gasteiger partial charge in [-0.15, -0.1) is 0 Å². The summed E-state index contributed by atoms with van der Waals surface area (Å²) in [7, 11) is 1.94. The zero-order valence-electron chi connectivity index (χ0n) is 15.0. The topological polar surface area (TPSA) is 91.7 Å². The number of aromatic amines is 1. The smallest absolute Gasteiger partial charge is 0.356 e. The molecule has 4 heterocycles. The third-order valence-electron chi connectivity index (χ3n) is 4.88. The van der Waals surface area contributed by atoms with E-state index in [0.717, 1.165) is 23.3 Å². The Bertz CT molecular complexity index is 1010. The Morgan fingerprint density at radius 1 is 1.43 bits per heavy atom. The molecular formula is C17H18F3N7O. The van der Waals surface area contributed by atoms with Crippen LogP contribution in [0.15, 0.2) is 24.8 Å². The second-order valence-electron chi connectivity index (χ2n) is 6.73. The molecule has 0 aromatic carbocycles. The van der Waals surface area contributed by atoms with Crippen LogP contribution in [0, 0.1) is 0 Å². The van der Waals surface area contributed by atoms with Crippen molar-refractivity contribution in [3.8, 4) is 0 Å². The van der Waals surface area contributed by atoms with Crippen molar-refractivity contribution >= 4 is 22.8 Å². The molecule has 1 aliphatic heterocycles. The van der Waals surface area contributed by atoms with Crippen LogP contribution in [0.1, 0.15) is 22.7 Å². The van der Waals surface area contributed by atoms with Gasteiger partial charge in [-0.3, -0.25) is 4.79 Å². The quantitative estimate of drug-likeness (QED) is 0.707. The molecule has 0 spiro atoms. The van der Waals surface area contributed by atoms with Gasteiger partial charge in [0.2, 0.25) is 0 Å². The summed E-state index contributed by atoms with van der Waals surface area (Å²) in [5.74, 6) is 0.632. The van der Waals surface area contributed by atoms with Crippen molar-refractivity contribution in [1.29, 1.82) is 0 Å². The first kappa shape index (κ1) is 18.3. The Kier molecular flexibility index (Phi) is 4.44. The number of hydrogen-bond donors (Lipinski definition) is 2. The fourth-order valence-corrected chi connectivity index (χ4v) is 3.44. The van der Waals surface area contributed by atoms with Gasteiger partial charge < -0.3 is 19.8 Å². The van der Waals surface area contributed by atoms with Crippen LogP contribution < -0.4 is 10.2 Å². The summed E-state index contributed by atoms with van der Waals surface area (Å²) < 4.78 is 38.7. The number of carbonyl (C=O) groups excluding carboxylic acids is 1. The molecule has 4 rings (SSSR count). The highest BCUT2D eigenvalue weighted by Gasteiger charge is 2.30. The Morgan fingerprint density at radius 2 is 2.25 bits per heavy atom. The minimum absolute atomic E-state index is 0.00221. The van der Waals surface area contributed by atoms with Crippen molar-refractivity contribution in [2.24, 2.45) is 0 Å². The molecule has 148 valence electrons. The van der Waals surface area contributed by atoms with Crippen molar-refractivity contribution in [3.05, 3.63) is 36.3 Å². The number of alkyl halides is 3. The fraction of sp³-hybridized carbons (Fsp3) is 0.412. The van der Waals surface area contributed by atoms with Crippen LogP contribution in [-0.2, 0) is 13.0 Å². The highest BCUT2D eigenvalue weighted by atomic mass is 19.4. The third kappa shape index (κ3) is 3.51. The number of amides is 1. The number of likely N-dealkylation sites (N-methyl/N-ethyl adjacent to an activating group) is 1. The van der Waals surface area contributed by atoms with Crippen molar-refractivity contribution in [2.45, 2.75) is 31.6 Å². The summed E-state index contributed by atoms with van der Waals surface area (Å²) in [6.45, 7) is -0.759. The number of H-pyrrole nitrogens is 1. The summed E-state index contributed by atoms with van der Waals surface area (Å²) >= 11 is 0. The number of imidazole rings is 1. The molecule has 1 atom stereocenters. The van der Waals surface area contributed by atoms with Crippen LogP contribution in [-0.4, -0.2) is 56.2 Å². The van der Waals surface area contributed by atoms with Crippen LogP contribution in [0.4, 0.5) is 19.0 Å². The number of fused-ring (bicyclic) bond motifs is 2. The van der Waals surface area contributed by atoms with E-state index in [4.69, 9.17) is 0 Å². The number of anilines is 1. The van der Waals surface area contributed by atoms with Gasteiger partial charge in [-0.25, -0.2) is 15.0 Å². The lowest BCUT2D eigenvalue weighted by Gasteiger charge is -2.32. The van der Waals surface area contributed by atoms with E-state index < -0.39 is 18.6 Å². The third-order valence-corrected chi connectivity index (χ3v) is 4.88. The Hall–Kier alpha value is -3.11. The van der Waals surface area contributed by atoms with Gasteiger partial charge in [-0.1, -0.05) is 0 Å². The van der Waals surface area contributed by atoms with E-state index in [9.17, 15) is 18.0 Å². The number of aromatic nitrogens is 5. The molecule has 1 unspecified atom stereocenters. The monoisotopic (exact) mass is 393 g/mol. The number of nitrogens with one attached hydrogen (secondary N) is 2. The summed E-state index contributed by atoms with van der Waals surface area (Å²) in [6.07, 6.45) is 1.70. The van der Waals surface area contributed by atoms with E-state index >= 15 is 0 Å². The van der Waals surface area contributed by atoms with Gasteiger partial charge in [0.1, 0.15) is 35.9 Å². The zero-order valence-corrected chi connectivity index (χ0v) is 15.0.